The Morgan fingerprint density at radius 1 is 0.733 bits per heavy atom. The van der Waals surface area contributed by atoms with Gasteiger partial charge < -0.3 is 0 Å². The summed E-state index contributed by atoms with van der Waals surface area (Å²) in [5.41, 5.74) is 0. The largest absolute Gasteiger partial charge is 0.162 e. The van der Waals surface area contributed by atoms with E-state index in [0.29, 0.717) is 0 Å². The summed E-state index contributed by atoms with van der Waals surface area (Å²) in [5.74, 6) is 2.69. The van der Waals surface area contributed by atoms with Crippen LogP contribution in [0.4, 0.5) is 0 Å². The first kappa shape index (κ1) is 15.3. The van der Waals surface area contributed by atoms with Gasteiger partial charge in [0, 0.05) is 0 Å². The van der Waals surface area contributed by atoms with Gasteiger partial charge in [0.05, 0.1) is 0 Å². The average molecular weight is 229 g/mol. The smallest absolute Gasteiger partial charge is 0.00675 e. The highest BCUT2D eigenvalue weighted by atomic mass is 32.2. The van der Waals surface area contributed by atoms with Crippen LogP contribution in [0.25, 0.3) is 0 Å². The van der Waals surface area contributed by atoms with Gasteiger partial charge in [0.25, 0.3) is 0 Å². The molecule has 0 amide bonds. The summed E-state index contributed by atoms with van der Waals surface area (Å²) in [6.45, 7) is 6.14. The molecule has 0 rings (SSSR count). The summed E-state index contributed by atoms with van der Waals surface area (Å²) in [7, 11) is 0. The molecule has 0 aromatic carbocycles. The highest BCUT2D eigenvalue weighted by Gasteiger charge is 1.92. The van der Waals surface area contributed by atoms with Crippen molar-refractivity contribution in [2.24, 2.45) is 0 Å². The van der Waals surface area contributed by atoms with Gasteiger partial charge in [0.2, 0.25) is 0 Å². The van der Waals surface area contributed by atoms with E-state index in [1.54, 1.807) is 0 Å². The summed E-state index contributed by atoms with van der Waals surface area (Å²) in [6, 6.07) is 0. The zero-order valence-corrected chi connectivity index (χ0v) is 11.4. The highest BCUT2D eigenvalue weighted by Crippen LogP contribution is 2.12. The Kier molecular flexibility index (Phi) is 14.7. The molecular weight excluding hydrogens is 200 g/mol. The molecule has 0 fully saturated rings. The zero-order chi connectivity index (χ0) is 11.2. The molecule has 0 saturated carbocycles. The van der Waals surface area contributed by atoms with E-state index in [-0.39, 0.29) is 0 Å². The van der Waals surface area contributed by atoms with Crippen molar-refractivity contribution in [2.45, 2.75) is 71.1 Å². The second kappa shape index (κ2) is 14.3. The lowest BCUT2D eigenvalue weighted by molar-refractivity contribution is 0.586. The summed E-state index contributed by atoms with van der Waals surface area (Å²) in [6.07, 6.45) is 13.9. The normalized spacial score (nSPS) is 10.8. The molecule has 0 nitrogen and oxygen atoms in total. The number of rotatable bonds is 12. The molecule has 91 valence electrons. The van der Waals surface area contributed by atoms with E-state index in [9.17, 15) is 0 Å². The third-order valence-electron chi connectivity index (χ3n) is 2.68. The third-order valence-corrected chi connectivity index (χ3v) is 3.84. The quantitative estimate of drug-likeness (QED) is 0.400. The minimum atomic E-state index is 1.10. The Labute approximate surface area is 102 Å². The van der Waals surface area contributed by atoms with Crippen LogP contribution in [0.5, 0.6) is 0 Å². The van der Waals surface area contributed by atoms with Crippen molar-refractivity contribution < 1.29 is 0 Å². The van der Waals surface area contributed by atoms with Gasteiger partial charge in [-0.1, -0.05) is 65.2 Å². The first-order valence-electron chi connectivity index (χ1n) is 6.78. The van der Waals surface area contributed by atoms with Gasteiger partial charge in [-0.15, -0.1) is 0 Å². The molecule has 0 atom stereocenters. The predicted octanol–water partition coefficient (Wildman–Crippen LogP) is 5.47. The molecule has 0 heterocycles. The van der Waals surface area contributed by atoms with Gasteiger partial charge in [-0.25, -0.2) is 0 Å². The van der Waals surface area contributed by atoms with Crippen molar-refractivity contribution in [2.75, 3.05) is 11.5 Å². The van der Waals surface area contributed by atoms with Gasteiger partial charge in [-0.3, -0.25) is 0 Å². The maximum absolute atomic E-state index is 3.86. The first-order valence-corrected chi connectivity index (χ1v) is 7.94. The minimum absolute atomic E-state index is 1.10. The molecule has 0 aromatic rings. The SMILES string of the molecule is [CH2]CCCSCCCCCCCCCC. The van der Waals surface area contributed by atoms with Crippen LogP contribution >= 0.6 is 11.8 Å². The fourth-order valence-corrected chi connectivity index (χ4v) is 2.66. The molecule has 0 unspecified atom stereocenters. The maximum atomic E-state index is 3.86. The number of thioether (sulfide) groups is 1. The van der Waals surface area contributed by atoms with Gasteiger partial charge in [-0.2, -0.15) is 11.8 Å². The molecule has 0 spiro atoms. The molecule has 1 heteroatoms. The van der Waals surface area contributed by atoms with Gasteiger partial charge in [0.15, 0.2) is 0 Å². The zero-order valence-electron chi connectivity index (χ0n) is 10.6. The van der Waals surface area contributed by atoms with Crippen LogP contribution in [-0.4, -0.2) is 11.5 Å². The Bertz CT molecular complexity index is 89.5. The van der Waals surface area contributed by atoms with Crippen LogP contribution in [0.15, 0.2) is 0 Å². The monoisotopic (exact) mass is 229 g/mol. The number of hydrogen-bond acceptors (Lipinski definition) is 1. The van der Waals surface area contributed by atoms with E-state index in [0.717, 1.165) is 6.42 Å². The van der Waals surface area contributed by atoms with Gasteiger partial charge >= 0.3 is 0 Å². The van der Waals surface area contributed by atoms with Gasteiger partial charge in [0.1, 0.15) is 0 Å². The van der Waals surface area contributed by atoms with Crippen LogP contribution < -0.4 is 0 Å². The lowest BCUT2D eigenvalue weighted by atomic mass is 10.1. The van der Waals surface area contributed by atoms with Crippen molar-refractivity contribution in [3.8, 4) is 0 Å². The molecule has 0 bridgehead atoms. The van der Waals surface area contributed by atoms with Gasteiger partial charge in [-0.05, 0) is 24.3 Å². The van der Waals surface area contributed by atoms with Crippen LogP contribution in [0.1, 0.15) is 71.1 Å². The van der Waals surface area contributed by atoms with Crippen molar-refractivity contribution in [3.05, 3.63) is 6.92 Å². The molecule has 0 aliphatic heterocycles. The summed E-state index contributed by atoms with van der Waals surface area (Å²) in [5, 5.41) is 0. The van der Waals surface area contributed by atoms with Crippen molar-refractivity contribution in [1.29, 1.82) is 0 Å². The molecule has 0 aliphatic rings. The Morgan fingerprint density at radius 3 is 1.87 bits per heavy atom. The van der Waals surface area contributed by atoms with Crippen LogP contribution in [0.2, 0.25) is 0 Å². The topological polar surface area (TPSA) is 0 Å². The fourth-order valence-electron chi connectivity index (χ4n) is 1.64. The molecule has 15 heavy (non-hydrogen) atoms. The summed E-state index contributed by atoms with van der Waals surface area (Å²) < 4.78 is 0. The lowest BCUT2D eigenvalue weighted by Crippen LogP contribution is -1.85. The third kappa shape index (κ3) is 14.4. The standard InChI is InChI=1S/C14H29S/c1-3-5-7-8-9-10-11-12-14-15-13-6-4-2/h2-14H2,1H3. The van der Waals surface area contributed by atoms with Crippen molar-refractivity contribution >= 4 is 11.8 Å². The number of unbranched alkanes of at least 4 members (excludes halogenated alkanes) is 8. The first-order chi connectivity index (χ1) is 7.41. The van der Waals surface area contributed by atoms with Crippen LogP contribution in [-0.2, 0) is 0 Å². The van der Waals surface area contributed by atoms with Crippen molar-refractivity contribution in [3.63, 3.8) is 0 Å². The second-order valence-corrected chi connectivity index (χ2v) is 5.52. The predicted molar refractivity (Wildman–Crippen MR) is 74.5 cm³/mol. The van der Waals surface area contributed by atoms with Crippen molar-refractivity contribution in [1.82, 2.24) is 0 Å². The average Bonchev–Trinajstić information content (AvgIpc) is 2.26. The number of hydrogen-bond donors (Lipinski definition) is 0. The highest BCUT2D eigenvalue weighted by molar-refractivity contribution is 7.99. The second-order valence-electron chi connectivity index (χ2n) is 4.29. The summed E-state index contributed by atoms with van der Waals surface area (Å²) >= 11 is 2.11. The maximum Gasteiger partial charge on any atom is -0.00675 e. The Morgan fingerprint density at radius 2 is 1.27 bits per heavy atom. The fraction of sp³-hybridized carbons (Fsp3) is 0.929. The Balaban J connectivity index is 2.81. The lowest BCUT2D eigenvalue weighted by Gasteiger charge is -2.01. The minimum Gasteiger partial charge on any atom is -0.162 e. The molecule has 1 radical (unpaired) electrons. The molecule has 0 saturated heterocycles. The van der Waals surface area contributed by atoms with E-state index in [2.05, 4.69) is 25.6 Å². The summed E-state index contributed by atoms with van der Waals surface area (Å²) in [4.78, 5) is 0. The molecule has 0 aliphatic carbocycles. The molecule has 0 aromatic heterocycles. The van der Waals surface area contributed by atoms with E-state index >= 15 is 0 Å². The van der Waals surface area contributed by atoms with E-state index in [4.69, 9.17) is 0 Å². The Hall–Kier alpha value is 0.350. The molecular formula is C14H29S. The molecule has 0 N–H and O–H groups in total. The van der Waals surface area contributed by atoms with E-state index in [1.807, 2.05) is 0 Å². The van der Waals surface area contributed by atoms with E-state index in [1.165, 1.54) is 69.3 Å². The van der Waals surface area contributed by atoms with Crippen LogP contribution in [0.3, 0.4) is 0 Å². The van der Waals surface area contributed by atoms with Crippen LogP contribution in [0, 0.1) is 6.92 Å². The van der Waals surface area contributed by atoms with E-state index < -0.39 is 0 Å².